The fourth-order valence-electron chi connectivity index (χ4n) is 3.34. The molecular formula is C24H48N2O. The molecule has 0 spiro atoms. The van der Waals surface area contributed by atoms with Gasteiger partial charge in [0.05, 0.1) is 0 Å². The first-order valence-electron chi connectivity index (χ1n) is 11.9. The highest BCUT2D eigenvalue weighted by molar-refractivity contribution is 5.75. The maximum absolute atomic E-state index is 11.8. The molecule has 0 aromatic heterocycles. The topological polar surface area (TPSA) is 32.3 Å². The van der Waals surface area contributed by atoms with Crippen molar-refractivity contribution in [2.45, 2.75) is 111 Å². The van der Waals surface area contributed by atoms with E-state index in [1.54, 1.807) is 0 Å². The van der Waals surface area contributed by atoms with Crippen LogP contribution in [-0.4, -0.2) is 37.0 Å². The van der Waals surface area contributed by atoms with E-state index < -0.39 is 0 Å². The summed E-state index contributed by atoms with van der Waals surface area (Å²) in [7, 11) is 0. The lowest BCUT2D eigenvalue weighted by molar-refractivity contribution is -0.121. The molecule has 1 amide bonds. The maximum atomic E-state index is 11.8. The lowest BCUT2D eigenvalue weighted by atomic mass is 10.1. The molecule has 160 valence electrons. The molecule has 0 aliphatic heterocycles. The summed E-state index contributed by atoms with van der Waals surface area (Å²) >= 11 is 0. The molecule has 27 heavy (non-hydrogen) atoms. The average molecular weight is 381 g/mol. The summed E-state index contributed by atoms with van der Waals surface area (Å²) < 4.78 is 0. The Bertz CT molecular complexity index is 337. The Morgan fingerprint density at radius 3 is 1.81 bits per heavy atom. The zero-order chi connectivity index (χ0) is 20.0. The van der Waals surface area contributed by atoms with E-state index in [1.807, 2.05) is 0 Å². The number of hydrogen-bond donors (Lipinski definition) is 1. The van der Waals surface area contributed by atoms with Crippen LogP contribution in [0.5, 0.6) is 0 Å². The van der Waals surface area contributed by atoms with Crippen LogP contribution in [0.1, 0.15) is 111 Å². The van der Waals surface area contributed by atoms with Crippen LogP contribution in [0.3, 0.4) is 0 Å². The monoisotopic (exact) mass is 380 g/mol. The molecule has 0 aliphatic rings. The lowest BCUT2D eigenvalue weighted by Gasteiger charge is -2.17. The molecule has 0 atom stereocenters. The summed E-state index contributed by atoms with van der Waals surface area (Å²) in [5.74, 6) is 0.222. The van der Waals surface area contributed by atoms with E-state index in [0.717, 1.165) is 32.6 Å². The van der Waals surface area contributed by atoms with Crippen molar-refractivity contribution in [1.29, 1.82) is 0 Å². The number of carbonyl (C=O) groups excluding carboxylic acids is 1. The highest BCUT2D eigenvalue weighted by Crippen LogP contribution is 2.09. The minimum Gasteiger partial charge on any atom is -0.355 e. The molecule has 0 aromatic rings. The largest absolute Gasteiger partial charge is 0.355 e. The number of hydrogen-bond acceptors (Lipinski definition) is 2. The van der Waals surface area contributed by atoms with Gasteiger partial charge in [-0.1, -0.05) is 84.3 Å². The van der Waals surface area contributed by atoms with Gasteiger partial charge in [0.25, 0.3) is 0 Å². The van der Waals surface area contributed by atoms with Crippen LogP contribution < -0.4 is 5.32 Å². The van der Waals surface area contributed by atoms with Crippen molar-refractivity contribution in [2.75, 3.05) is 26.2 Å². The minimum absolute atomic E-state index is 0.222. The van der Waals surface area contributed by atoms with Gasteiger partial charge in [-0.3, -0.25) is 4.79 Å². The second kappa shape index (κ2) is 21.5. The molecule has 0 bridgehead atoms. The van der Waals surface area contributed by atoms with E-state index in [1.165, 1.54) is 77.0 Å². The van der Waals surface area contributed by atoms with E-state index >= 15 is 0 Å². The Labute approximate surface area is 170 Å². The van der Waals surface area contributed by atoms with Crippen LogP contribution in [0.15, 0.2) is 12.2 Å². The predicted octanol–water partition coefficient (Wildman–Crippen LogP) is 6.48. The number of carbonyl (C=O) groups is 1. The summed E-state index contributed by atoms with van der Waals surface area (Å²) in [5.41, 5.74) is 0. The molecule has 0 saturated carbocycles. The highest BCUT2D eigenvalue weighted by atomic mass is 16.1. The van der Waals surface area contributed by atoms with Crippen LogP contribution in [0.2, 0.25) is 0 Å². The van der Waals surface area contributed by atoms with Crippen LogP contribution in [-0.2, 0) is 4.79 Å². The van der Waals surface area contributed by atoms with Crippen molar-refractivity contribution in [3.05, 3.63) is 12.2 Å². The molecule has 0 aromatic carbocycles. The molecule has 0 unspecified atom stereocenters. The van der Waals surface area contributed by atoms with Crippen molar-refractivity contribution in [3.8, 4) is 0 Å². The summed E-state index contributed by atoms with van der Waals surface area (Å²) in [6.45, 7) is 10.5. The molecular weight excluding hydrogens is 332 g/mol. The van der Waals surface area contributed by atoms with Gasteiger partial charge < -0.3 is 10.2 Å². The number of rotatable bonds is 20. The Morgan fingerprint density at radius 1 is 0.741 bits per heavy atom. The third kappa shape index (κ3) is 19.7. The third-order valence-corrected chi connectivity index (χ3v) is 5.31. The third-order valence-electron chi connectivity index (χ3n) is 5.31. The van der Waals surface area contributed by atoms with Gasteiger partial charge >= 0.3 is 0 Å². The van der Waals surface area contributed by atoms with Gasteiger partial charge in [0.15, 0.2) is 0 Å². The minimum atomic E-state index is 0.222. The van der Waals surface area contributed by atoms with E-state index in [9.17, 15) is 4.79 Å². The Hall–Kier alpha value is -0.830. The van der Waals surface area contributed by atoms with E-state index in [-0.39, 0.29) is 5.91 Å². The second-order valence-corrected chi connectivity index (χ2v) is 7.71. The van der Waals surface area contributed by atoms with Crippen molar-refractivity contribution < 1.29 is 4.79 Å². The number of amides is 1. The fourth-order valence-corrected chi connectivity index (χ4v) is 3.34. The molecule has 0 saturated heterocycles. The van der Waals surface area contributed by atoms with Gasteiger partial charge in [0.1, 0.15) is 0 Å². The second-order valence-electron chi connectivity index (χ2n) is 7.71. The molecule has 0 fully saturated rings. The summed E-state index contributed by atoms with van der Waals surface area (Å²) in [5, 5.41) is 3.04. The van der Waals surface area contributed by atoms with Gasteiger partial charge in [0, 0.05) is 19.5 Å². The van der Waals surface area contributed by atoms with Crippen LogP contribution in [0.25, 0.3) is 0 Å². The molecule has 0 rings (SSSR count). The fraction of sp³-hybridized carbons (Fsp3) is 0.875. The summed E-state index contributed by atoms with van der Waals surface area (Å²) in [4.78, 5) is 14.1. The molecule has 0 radical (unpaired) electrons. The number of allylic oxidation sites excluding steroid dienone is 2. The van der Waals surface area contributed by atoms with Crippen molar-refractivity contribution in [3.63, 3.8) is 0 Å². The Kier molecular flexibility index (Phi) is 20.8. The zero-order valence-corrected chi connectivity index (χ0v) is 18.7. The highest BCUT2D eigenvalue weighted by Gasteiger charge is 2.02. The van der Waals surface area contributed by atoms with Crippen LogP contribution in [0.4, 0.5) is 0 Å². The molecule has 0 heterocycles. The van der Waals surface area contributed by atoms with Crippen LogP contribution >= 0.6 is 0 Å². The molecule has 1 N–H and O–H groups in total. The van der Waals surface area contributed by atoms with Crippen LogP contribution in [0, 0.1) is 0 Å². The normalized spacial score (nSPS) is 11.6. The van der Waals surface area contributed by atoms with Crippen molar-refractivity contribution in [1.82, 2.24) is 10.2 Å². The van der Waals surface area contributed by atoms with Gasteiger partial charge in [0.2, 0.25) is 5.91 Å². The summed E-state index contributed by atoms with van der Waals surface area (Å²) in [6.07, 6.45) is 22.3. The molecule has 3 heteroatoms. The zero-order valence-electron chi connectivity index (χ0n) is 18.7. The first-order valence-corrected chi connectivity index (χ1v) is 11.9. The first-order chi connectivity index (χ1) is 13.2. The van der Waals surface area contributed by atoms with Gasteiger partial charge in [-0.2, -0.15) is 0 Å². The van der Waals surface area contributed by atoms with Gasteiger partial charge in [-0.25, -0.2) is 0 Å². The average Bonchev–Trinajstić information content (AvgIpc) is 2.68. The van der Waals surface area contributed by atoms with E-state index in [4.69, 9.17) is 0 Å². The summed E-state index contributed by atoms with van der Waals surface area (Å²) in [6, 6.07) is 0. The SMILES string of the molecule is CCCCCCCC/C=C\CCCCCCCC(=O)NCCN(CC)CC. The van der Waals surface area contributed by atoms with E-state index in [0.29, 0.717) is 6.42 Å². The Morgan fingerprint density at radius 2 is 1.26 bits per heavy atom. The number of unbranched alkanes of at least 4 members (excludes halogenated alkanes) is 11. The number of nitrogens with zero attached hydrogens (tertiary/aromatic N) is 1. The standard InChI is InChI=1S/C24H48N2O/c1-4-7-8-9-10-11-12-13-14-15-16-17-18-19-20-21-24(27)25-22-23-26(5-2)6-3/h13-14H,4-12,15-23H2,1-3H3,(H,25,27)/b14-13-. The Balaban J connectivity index is 3.28. The predicted molar refractivity (Wildman–Crippen MR) is 120 cm³/mol. The first kappa shape index (κ1) is 26.2. The molecule has 0 aliphatic carbocycles. The van der Waals surface area contributed by atoms with Gasteiger partial charge in [-0.05, 0) is 45.2 Å². The van der Waals surface area contributed by atoms with Gasteiger partial charge in [-0.15, -0.1) is 0 Å². The smallest absolute Gasteiger partial charge is 0.220 e. The number of likely N-dealkylation sites (N-methyl/N-ethyl adjacent to an activating group) is 1. The van der Waals surface area contributed by atoms with Crippen molar-refractivity contribution >= 4 is 5.91 Å². The quantitative estimate of drug-likeness (QED) is 0.193. The van der Waals surface area contributed by atoms with Crippen molar-refractivity contribution in [2.24, 2.45) is 0 Å². The lowest BCUT2D eigenvalue weighted by Crippen LogP contribution is -2.34. The van der Waals surface area contributed by atoms with E-state index in [2.05, 4.69) is 43.1 Å². The maximum Gasteiger partial charge on any atom is 0.220 e. The number of nitrogens with one attached hydrogen (secondary N) is 1. The molecule has 3 nitrogen and oxygen atoms in total.